The molecule has 37 heavy (non-hydrogen) atoms. The smallest absolute Gasteiger partial charge is 0.312 e. The largest absolute Gasteiger partial charge is 0.481 e. The molecule has 0 aliphatic carbocycles. The molecule has 216 valence electrons. The minimum absolute atomic E-state index is 0.238. The molecule has 3 N–H and O–H groups in total. The van der Waals surface area contributed by atoms with Crippen LogP contribution in [0.2, 0.25) is 0 Å². The van der Waals surface area contributed by atoms with Crippen LogP contribution >= 0.6 is 0 Å². The lowest BCUT2D eigenvalue weighted by atomic mass is 9.95. The first-order chi connectivity index (χ1) is 17.7. The summed E-state index contributed by atoms with van der Waals surface area (Å²) in [6.45, 7) is 9.13. The highest BCUT2D eigenvalue weighted by molar-refractivity contribution is 5.71. The number of hydrogen-bond acceptors (Lipinski definition) is 3. The van der Waals surface area contributed by atoms with Crippen molar-refractivity contribution in [2.45, 2.75) is 118 Å². The van der Waals surface area contributed by atoms with Crippen molar-refractivity contribution in [2.75, 3.05) is 26.2 Å². The molecule has 0 saturated carbocycles. The first kappa shape index (κ1) is 35.1. The molecule has 0 heterocycles. The molecule has 0 fully saturated rings. The molecule has 7 nitrogen and oxygen atoms in total. The Hall–Kier alpha value is -1.89. The maximum atomic E-state index is 11.9. The molecule has 0 aromatic heterocycles. The molecular weight excluding hydrogens is 470 g/mol. The van der Waals surface area contributed by atoms with Crippen LogP contribution in [0.1, 0.15) is 118 Å². The third-order valence-electron chi connectivity index (χ3n) is 7.74. The van der Waals surface area contributed by atoms with Gasteiger partial charge < -0.3 is 19.8 Å². The molecule has 3 unspecified atom stereocenters. The summed E-state index contributed by atoms with van der Waals surface area (Å²) in [5, 5.41) is 29.3. The highest BCUT2D eigenvalue weighted by Crippen LogP contribution is 2.25. The fraction of sp³-hybridized carbons (Fsp3) is 0.833. The fourth-order valence-corrected chi connectivity index (χ4v) is 5.21. The second kappa shape index (κ2) is 21.1. The third-order valence-corrected chi connectivity index (χ3v) is 7.74. The summed E-state index contributed by atoms with van der Waals surface area (Å²) in [5.41, 5.74) is 0. The number of aliphatic carboxylic acids is 3. The van der Waals surface area contributed by atoms with Crippen molar-refractivity contribution in [3.63, 3.8) is 0 Å². The van der Waals surface area contributed by atoms with E-state index in [0.717, 1.165) is 25.7 Å². The van der Waals surface area contributed by atoms with Crippen LogP contribution < -0.4 is 0 Å². The van der Waals surface area contributed by atoms with Crippen LogP contribution in [0.3, 0.4) is 0 Å². The molecule has 0 bridgehead atoms. The number of quaternary nitrogens is 1. The summed E-state index contributed by atoms with van der Waals surface area (Å²) in [4.78, 5) is 35.8. The number of unbranched alkanes of at least 4 members (excludes halogenated alkanes) is 9. The van der Waals surface area contributed by atoms with Gasteiger partial charge in [0.1, 0.15) is 17.8 Å². The zero-order chi connectivity index (χ0) is 28.1. The molecule has 0 saturated heterocycles. The van der Waals surface area contributed by atoms with Crippen LogP contribution in [0, 0.1) is 17.8 Å². The standard InChI is InChI=1S/C30H55NO6/c1-5-9-10-11-12-13-14-15-16-17-18-19-20-21-31(22-25(6-2)28(32)33,23-26(7-3)29(34)35)24-27(8-4)30(36)37/h16-17,25-27H,5-15,18-24H2,1-4H3,(H2-,32,33,34,35,36,37)/p+1/b17-16+. The lowest BCUT2D eigenvalue weighted by Gasteiger charge is -2.43. The Balaban J connectivity index is 5.21. The molecule has 0 rings (SSSR count). The van der Waals surface area contributed by atoms with Gasteiger partial charge in [0.2, 0.25) is 0 Å². The average molecular weight is 527 g/mol. The van der Waals surface area contributed by atoms with Crippen molar-refractivity contribution in [3.05, 3.63) is 12.2 Å². The van der Waals surface area contributed by atoms with Gasteiger partial charge in [0.25, 0.3) is 0 Å². The lowest BCUT2D eigenvalue weighted by Crippen LogP contribution is -2.58. The highest BCUT2D eigenvalue weighted by Gasteiger charge is 2.40. The van der Waals surface area contributed by atoms with Gasteiger partial charge >= 0.3 is 17.9 Å². The zero-order valence-corrected chi connectivity index (χ0v) is 24.1. The SMILES string of the molecule is CCCCCCCCC/C=C/CCCC[N+](CC(CC)C(=O)O)(CC(CC)C(=O)O)CC(CC)C(=O)O. The summed E-state index contributed by atoms with van der Waals surface area (Å²) in [7, 11) is 0. The van der Waals surface area contributed by atoms with Gasteiger partial charge in [0.05, 0.1) is 26.2 Å². The number of carboxylic acid groups (broad SMARTS) is 3. The maximum absolute atomic E-state index is 11.9. The molecule has 0 spiro atoms. The summed E-state index contributed by atoms with van der Waals surface area (Å²) < 4.78 is 0.238. The van der Waals surface area contributed by atoms with E-state index in [0.29, 0.717) is 25.8 Å². The number of hydrogen-bond donors (Lipinski definition) is 3. The van der Waals surface area contributed by atoms with E-state index in [9.17, 15) is 29.7 Å². The summed E-state index contributed by atoms with van der Waals surface area (Å²) >= 11 is 0. The Labute approximate surface area is 225 Å². The van der Waals surface area contributed by atoms with E-state index < -0.39 is 35.7 Å². The van der Waals surface area contributed by atoms with Gasteiger partial charge in [-0.1, -0.05) is 78.4 Å². The highest BCUT2D eigenvalue weighted by atomic mass is 16.4. The molecule has 0 aliphatic rings. The molecule has 0 aliphatic heterocycles. The van der Waals surface area contributed by atoms with Crippen molar-refractivity contribution in [1.29, 1.82) is 0 Å². The number of carbonyl (C=O) groups is 3. The van der Waals surface area contributed by atoms with Crippen LogP contribution in [-0.2, 0) is 14.4 Å². The minimum Gasteiger partial charge on any atom is -0.481 e. The van der Waals surface area contributed by atoms with E-state index in [1.807, 2.05) is 20.8 Å². The van der Waals surface area contributed by atoms with Gasteiger partial charge in [-0.3, -0.25) is 14.4 Å². The third kappa shape index (κ3) is 15.8. The summed E-state index contributed by atoms with van der Waals surface area (Å²) in [6, 6.07) is 0. The van der Waals surface area contributed by atoms with Gasteiger partial charge in [0.15, 0.2) is 0 Å². The number of rotatable bonds is 25. The van der Waals surface area contributed by atoms with Crippen LogP contribution in [0.15, 0.2) is 12.2 Å². The topological polar surface area (TPSA) is 112 Å². The molecular formula is C30H56NO6+. The van der Waals surface area contributed by atoms with Gasteiger partial charge in [-0.2, -0.15) is 0 Å². The van der Waals surface area contributed by atoms with Crippen molar-refractivity contribution in [1.82, 2.24) is 0 Å². The van der Waals surface area contributed by atoms with Crippen molar-refractivity contribution in [2.24, 2.45) is 17.8 Å². The second-order valence-corrected chi connectivity index (χ2v) is 10.8. The van der Waals surface area contributed by atoms with Gasteiger partial charge in [-0.05, 0) is 51.4 Å². The Morgan fingerprint density at radius 2 is 0.919 bits per heavy atom. The minimum atomic E-state index is -0.898. The van der Waals surface area contributed by atoms with Gasteiger partial charge in [0, 0.05) is 0 Å². The normalized spacial score (nSPS) is 15.8. The Bertz CT molecular complexity index is 603. The second-order valence-electron chi connectivity index (χ2n) is 10.8. The average Bonchev–Trinajstić information content (AvgIpc) is 2.86. The van der Waals surface area contributed by atoms with Crippen molar-refractivity contribution >= 4 is 17.9 Å². The lowest BCUT2D eigenvalue weighted by molar-refractivity contribution is -0.935. The number of allylic oxidation sites excluding steroid dienone is 2. The van der Waals surface area contributed by atoms with E-state index in [-0.39, 0.29) is 24.1 Å². The van der Waals surface area contributed by atoms with E-state index in [4.69, 9.17) is 0 Å². The predicted octanol–water partition coefficient (Wildman–Crippen LogP) is 7.00. The van der Waals surface area contributed by atoms with Gasteiger partial charge in [-0.25, -0.2) is 0 Å². The summed E-state index contributed by atoms with van der Waals surface area (Å²) in [5.74, 6) is -4.57. The number of nitrogens with zero attached hydrogens (tertiary/aromatic N) is 1. The maximum Gasteiger partial charge on any atom is 0.312 e. The van der Waals surface area contributed by atoms with Crippen LogP contribution in [0.4, 0.5) is 0 Å². The first-order valence-electron chi connectivity index (χ1n) is 14.8. The summed E-state index contributed by atoms with van der Waals surface area (Å²) in [6.07, 6.45) is 18.6. The fourth-order valence-electron chi connectivity index (χ4n) is 5.21. The van der Waals surface area contributed by atoms with Crippen LogP contribution in [0.25, 0.3) is 0 Å². The van der Waals surface area contributed by atoms with Crippen LogP contribution in [-0.4, -0.2) is 63.9 Å². The van der Waals surface area contributed by atoms with Crippen molar-refractivity contribution in [3.8, 4) is 0 Å². The Morgan fingerprint density at radius 3 is 1.27 bits per heavy atom. The molecule has 7 heteroatoms. The quantitative estimate of drug-likeness (QED) is 0.0670. The van der Waals surface area contributed by atoms with E-state index in [1.165, 1.54) is 44.9 Å². The Kier molecular flexibility index (Phi) is 20.0. The molecule has 3 atom stereocenters. The Morgan fingerprint density at radius 1 is 0.568 bits per heavy atom. The molecule has 0 radical (unpaired) electrons. The monoisotopic (exact) mass is 526 g/mol. The van der Waals surface area contributed by atoms with Crippen molar-refractivity contribution < 1.29 is 34.2 Å². The molecule has 0 aromatic carbocycles. The van der Waals surface area contributed by atoms with E-state index >= 15 is 0 Å². The van der Waals surface area contributed by atoms with E-state index in [1.54, 1.807) is 0 Å². The molecule has 0 aromatic rings. The van der Waals surface area contributed by atoms with E-state index in [2.05, 4.69) is 19.1 Å². The molecule has 0 amide bonds. The number of carboxylic acids is 3. The zero-order valence-electron chi connectivity index (χ0n) is 24.1. The van der Waals surface area contributed by atoms with Gasteiger partial charge in [-0.15, -0.1) is 0 Å². The van der Waals surface area contributed by atoms with Crippen LogP contribution in [0.5, 0.6) is 0 Å². The predicted molar refractivity (Wildman–Crippen MR) is 150 cm³/mol. The first-order valence-corrected chi connectivity index (χ1v) is 14.8.